The maximum absolute atomic E-state index is 12.3. The van der Waals surface area contributed by atoms with Crippen LogP contribution in [0.25, 0.3) is 0 Å². The maximum atomic E-state index is 12.3. The van der Waals surface area contributed by atoms with Crippen molar-refractivity contribution in [1.82, 2.24) is 4.90 Å². The zero-order valence-corrected chi connectivity index (χ0v) is 13.5. The Hall–Kier alpha value is -0.810. The van der Waals surface area contributed by atoms with Gasteiger partial charge in [0.15, 0.2) is 0 Å². The van der Waals surface area contributed by atoms with E-state index in [1.165, 1.54) is 0 Å². The third-order valence-electron chi connectivity index (χ3n) is 3.92. The summed E-state index contributed by atoms with van der Waals surface area (Å²) in [4.78, 5) is 14.4. The first kappa shape index (κ1) is 16.6. The van der Waals surface area contributed by atoms with Gasteiger partial charge < -0.3 is 10.4 Å². The van der Waals surface area contributed by atoms with E-state index in [2.05, 4.69) is 10.2 Å². The van der Waals surface area contributed by atoms with Gasteiger partial charge in [-0.2, -0.15) is 0 Å². The Morgan fingerprint density at radius 1 is 1.48 bits per heavy atom. The lowest BCUT2D eigenvalue weighted by atomic mass is 9.97. The summed E-state index contributed by atoms with van der Waals surface area (Å²) >= 11 is 11.8. The number of hydrogen-bond acceptors (Lipinski definition) is 3. The lowest BCUT2D eigenvalue weighted by Crippen LogP contribution is -2.47. The second-order valence-electron chi connectivity index (χ2n) is 5.48. The van der Waals surface area contributed by atoms with Crippen LogP contribution in [-0.4, -0.2) is 41.7 Å². The van der Waals surface area contributed by atoms with Crippen LogP contribution in [0.3, 0.4) is 0 Å². The first-order valence-electron chi connectivity index (χ1n) is 7.12. The summed E-state index contributed by atoms with van der Waals surface area (Å²) in [5, 5.41) is 13.0. The molecule has 0 bridgehead atoms. The van der Waals surface area contributed by atoms with Gasteiger partial charge in [0, 0.05) is 18.8 Å². The Kier molecular flexibility index (Phi) is 5.88. The molecule has 1 fully saturated rings. The van der Waals surface area contributed by atoms with Crippen LogP contribution in [0.15, 0.2) is 18.2 Å². The third-order valence-corrected chi connectivity index (χ3v) is 4.66. The van der Waals surface area contributed by atoms with E-state index in [0.29, 0.717) is 15.7 Å². The largest absolute Gasteiger partial charge is 0.396 e. The number of nitrogens with zero attached hydrogens (tertiary/aromatic N) is 1. The molecular weight excluding hydrogens is 311 g/mol. The van der Waals surface area contributed by atoms with Gasteiger partial charge in [0.2, 0.25) is 5.91 Å². The van der Waals surface area contributed by atoms with Crippen LogP contribution in [0.4, 0.5) is 5.69 Å². The number of amides is 1. The fourth-order valence-electron chi connectivity index (χ4n) is 2.58. The molecule has 1 aliphatic rings. The van der Waals surface area contributed by atoms with E-state index in [1.807, 2.05) is 6.92 Å². The number of anilines is 1. The van der Waals surface area contributed by atoms with Crippen molar-refractivity contribution in [3.8, 4) is 0 Å². The Morgan fingerprint density at radius 2 is 2.24 bits per heavy atom. The standard InChI is InChI=1S/C15H20Cl2N2O2/c1-10(19-6-2-3-11(8-19)9-20)15(21)18-12-4-5-13(16)14(17)7-12/h4-5,7,10-11,20H,2-3,6,8-9H2,1H3,(H,18,21). The Bertz CT molecular complexity index is 510. The Balaban J connectivity index is 1.97. The van der Waals surface area contributed by atoms with Crippen molar-refractivity contribution in [1.29, 1.82) is 0 Å². The summed E-state index contributed by atoms with van der Waals surface area (Å²) in [6.07, 6.45) is 2.03. The predicted molar refractivity (Wildman–Crippen MR) is 85.9 cm³/mol. The van der Waals surface area contributed by atoms with Gasteiger partial charge in [-0.25, -0.2) is 0 Å². The second kappa shape index (κ2) is 7.45. The molecule has 1 aromatic carbocycles. The first-order chi connectivity index (χ1) is 10.0. The average Bonchev–Trinajstić information content (AvgIpc) is 2.50. The number of benzene rings is 1. The number of halogens is 2. The summed E-state index contributed by atoms with van der Waals surface area (Å²) in [5.41, 5.74) is 0.636. The number of nitrogens with one attached hydrogen (secondary N) is 1. The molecule has 0 aliphatic carbocycles. The molecule has 1 saturated heterocycles. The van der Waals surface area contributed by atoms with Gasteiger partial charge in [-0.1, -0.05) is 23.2 Å². The minimum atomic E-state index is -0.242. The second-order valence-corrected chi connectivity index (χ2v) is 6.29. The molecule has 21 heavy (non-hydrogen) atoms. The SMILES string of the molecule is CC(C(=O)Nc1ccc(Cl)c(Cl)c1)N1CCCC(CO)C1. The molecule has 116 valence electrons. The van der Waals surface area contributed by atoms with Gasteiger partial charge in [0.05, 0.1) is 16.1 Å². The van der Waals surface area contributed by atoms with E-state index >= 15 is 0 Å². The number of carbonyl (C=O) groups is 1. The number of carbonyl (C=O) groups excluding carboxylic acids is 1. The highest BCUT2D eigenvalue weighted by Crippen LogP contribution is 2.25. The molecule has 6 heteroatoms. The van der Waals surface area contributed by atoms with Crippen LogP contribution in [0.5, 0.6) is 0 Å². The van der Waals surface area contributed by atoms with Gasteiger partial charge in [-0.3, -0.25) is 9.69 Å². The highest BCUT2D eigenvalue weighted by Gasteiger charge is 2.27. The first-order valence-corrected chi connectivity index (χ1v) is 7.87. The molecule has 0 spiro atoms. The molecule has 1 aliphatic heterocycles. The summed E-state index contributed by atoms with van der Waals surface area (Å²) in [6.45, 7) is 3.70. The molecule has 0 aromatic heterocycles. The van der Waals surface area contributed by atoms with Crippen LogP contribution < -0.4 is 5.32 Å². The van der Waals surface area contributed by atoms with E-state index in [9.17, 15) is 9.90 Å². The maximum Gasteiger partial charge on any atom is 0.241 e. The van der Waals surface area contributed by atoms with Crippen molar-refractivity contribution in [2.75, 3.05) is 25.0 Å². The molecule has 2 unspecified atom stereocenters. The molecule has 4 nitrogen and oxygen atoms in total. The molecule has 0 radical (unpaired) electrons. The van der Waals surface area contributed by atoms with E-state index in [4.69, 9.17) is 23.2 Å². The van der Waals surface area contributed by atoms with Gasteiger partial charge in [-0.15, -0.1) is 0 Å². The van der Waals surface area contributed by atoms with E-state index in [0.717, 1.165) is 25.9 Å². The number of hydrogen-bond donors (Lipinski definition) is 2. The number of likely N-dealkylation sites (tertiary alicyclic amines) is 1. The molecule has 1 aromatic rings. The quantitative estimate of drug-likeness (QED) is 0.892. The highest BCUT2D eigenvalue weighted by molar-refractivity contribution is 6.42. The number of aliphatic hydroxyl groups is 1. The van der Waals surface area contributed by atoms with E-state index in [1.54, 1.807) is 18.2 Å². The Labute approximate surface area is 135 Å². The number of aliphatic hydroxyl groups excluding tert-OH is 1. The number of rotatable bonds is 4. The van der Waals surface area contributed by atoms with Crippen LogP contribution >= 0.6 is 23.2 Å². The minimum absolute atomic E-state index is 0.0769. The average molecular weight is 331 g/mol. The van der Waals surface area contributed by atoms with Gasteiger partial charge in [0.1, 0.15) is 0 Å². The Morgan fingerprint density at radius 3 is 2.90 bits per heavy atom. The smallest absolute Gasteiger partial charge is 0.241 e. The summed E-state index contributed by atoms with van der Waals surface area (Å²) in [7, 11) is 0. The molecule has 2 rings (SSSR count). The van der Waals surface area contributed by atoms with E-state index in [-0.39, 0.29) is 24.5 Å². The monoisotopic (exact) mass is 330 g/mol. The molecule has 2 atom stereocenters. The van der Waals surface area contributed by atoms with E-state index < -0.39 is 0 Å². The van der Waals surface area contributed by atoms with Crippen molar-refractivity contribution >= 4 is 34.8 Å². The van der Waals surface area contributed by atoms with Crippen molar-refractivity contribution in [3.05, 3.63) is 28.2 Å². The van der Waals surface area contributed by atoms with Crippen molar-refractivity contribution in [3.63, 3.8) is 0 Å². The third kappa shape index (κ3) is 4.33. The molecular formula is C15H20Cl2N2O2. The van der Waals surface area contributed by atoms with Crippen LogP contribution in [0, 0.1) is 5.92 Å². The normalized spacial score (nSPS) is 21.0. The van der Waals surface area contributed by atoms with Crippen molar-refractivity contribution < 1.29 is 9.90 Å². The lowest BCUT2D eigenvalue weighted by molar-refractivity contribution is -0.121. The fourth-order valence-corrected chi connectivity index (χ4v) is 2.88. The minimum Gasteiger partial charge on any atom is -0.396 e. The summed E-state index contributed by atoms with van der Waals surface area (Å²) in [5.74, 6) is 0.186. The number of piperidine rings is 1. The van der Waals surface area contributed by atoms with Crippen molar-refractivity contribution in [2.45, 2.75) is 25.8 Å². The van der Waals surface area contributed by atoms with Gasteiger partial charge in [0.25, 0.3) is 0 Å². The molecule has 2 N–H and O–H groups in total. The van der Waals surface area contributed by atoms with Crippen molar-refractivity contribution in [2.24, 2.45) is 5.92 Å². The predicted octanol–water partition coefficient (Wildman–Crippen LogP) is 3.02. The fraction of sp³-hybridized carbons (Fsp3) is 0.533. The lowest BCUT2D eigenvalue weighted by Gasteiger charge is -2.35. The molecule has 0 saturated carbocycles. The van der Waals surface area contributed by atoms with Crippen LogP contribution in [0.1, 0.15) is 19.8 Å². The van der Waals surface area contributed by atoms with Crippen LogP contribution in [-0.2, 0) is 4.79 Å². The van der Waals surface area contributed by atoms with Gasteiger partial charge in [-0.05, 0) is 50.4 Å². The zero-order valence-electron chi connectivity index (χ0n) is 12.0. The summed E-state index contributed by atoms with van der Waals surface area (Å²) < 4.78 is 0. The summed E-state index contributed by atoms with van der Waals surface area (Å²) in [6, 6.07) is 4.79. The highest BCUT2D eigenvalue weighted by atomic mass is 35.5. The van der Waals surface area contributed by atoms with Crippen LogP contribution in [0.2, 0.25) is 10.0 Å². The molecule has 1 heterocycles. The zero-order chi connectivity index (χ0) is 15.4. The van der Waals surface area contributed by atoms with Gasteiger partial charge >= 0.3 is 0 Å². The topological polar surface area (TPSA) is 52.6 Å². The molecule has 1 amide bonds.